The summed E-state index contributed by atoms with van der Waals surface area (Å²) in [5, 5.41) is 18.3. The highest BCUT2D eigenvalue weighted by Gasteiger charge is 2.37. The number of pyridine rings is 1. The largest absolute Gasteiger partial charge is 0.481 e. The summed E-state index contributed by atoms with van der Waals surface area (Å²) in [5.74, 6) is -0.976. The van der Waals surface area contributed by atoms with Crippen LogP contribution in [0.1, 0.15) is 43.7 Å². The third kappa shape index (κ3) is 4.04. The van der Waals surface area contributed by atoms with E-state index < -0.39 is 12.1 Å². The van der Waals surface area contributed by atoms with E-state index in [0.29, 0.717) is 12.8 Å². The van der Waals surface area contributed by atoms with Gasteiger partial charge in [0.1, 0.15) is 12.6 Å². The van der Waals surface area contributed by atoms with Gasteiger partial charge in [0.05, 0.1) is 6.04 Å². The minimum Gasteiger partial charge on any atom is -0.481 e. The molecule has 1 aromatic rings. The van der Waals surface area contributed by atoms with Gasteiger partial charge in [-0.1, -0.05) is 0 Å². The number of rotatable bonds is 7. The molecule has 1 saturated heterocycles. The zero-order chi connectivity index (χ0) is 16.1. The summed E-state index contributed by atoms with van der Waals surface area (Å²) in [6.45, 7) is 0.820. The predicted molar refractivity (Wildman–Crippen MR) is 78.9 cm³/mol. The topological polar surface area (TPSA) is 81.7 Å². The number of carbonyl (C=O) groups is 2. The zero-order valence-corrected chi connectivity index (χ0v) is 12.8. The fraction of sp³-hybridized carbons (Fsp3) is 0.562. The molecule has 120 valence electrons. The molecular formula is C16H23N2O4+. The number of carboxylic acid groups (broad SMARTS) is 1. The van der Waals surface area contributed by atoms with E-state index in [1.54, 1.807) is 11.9 Å². The summed E-state index contributed by atoms with van der Waals surface area (Å²) in [4.78, 5) is 23.7. The average molecular weight is 307 g/mol. The van der Waals surface area contributed by atoms with Gasteiger partial charge in [0, 0.05) is 37.9 Å². The molecule has 1 aliphatic rings. The predicted octanol–water partition coefficient (Wildman–Crippen LogP) is 0.883. The van der Waals surface area contributed by atoms with Gasteiger partial charge in [-0.2, -0.15) is 0 Å². The number of aromatic nitrogens is 1. The Hall–Kier alpha value is -1.95. The Kier molecular flexibility index (Phi) is 5.49. The van der Waals surface area contributed by atoms with Crippen LogP contribution in [0.2, 0.25) is 0 Å². The fourth-order valence-corrected chi connectivity index (χ4v) is 2.84. The zero-order valence-electron chi connectivity index (χ0n) is 12.8. The standard InChI is InChI=1S/C16H22N2O4/c1-17-13(10-14(19)16(17)22)12-6-5-9-18(11-12)8-4-2-3-7-15(20)21/h5-6,9,11,13-14,19H,2-4,7-8,10H2,1H3/p+1/t13?,14-/m1/s1. The molecule has 1 aromatic heterocycles. The molecule has 6 nitrogen and oxygen atoms in total. The lowest BCUT2D eigenvalue weighted by Gasteiger charge is -2.18. The number of likely N-dealkylation sites (N-methyl/N-ethyl adjacent to an activating group) is 1. The summed E-state index contributed by atoms with van der Waals surface area (Å²) in [6.07, 6.45) is 6.21. The van der Waals surface area contributed by atoms with Gasteiger partial charge in [0.2, 0.25) is 0 Å². The fourth-order valence-electron chi connectivity index (χ4n) is 2.84. The number of unbranched alkanes of at least 4 members (excludes halogenated alkanes) is 2. The highest BCUT2D eigenvalue weighted by Crippen LogP contribution is 2.30. The molecule has 2 rings (SSSR count). The van der Waals surface area contributed by atoms with Crippen molar-refractivity contribution in [2.45, 2.75) is 50.8 Å². The number of amides is 1. The average Bonchev–Trinajstić information content (AvgIpc) is 2.74. The molecule has 2 heterocycles. The summed E-state index contributed by atoms with van der Waals surface area (Å²) >= 11 is 0. The highest BCUT2D eigenvalue weighted by molar-refractivity contribution is 5.83. The van der Waals surface area contributed by atoms with Crippen molar-refractivity contribution in [2.75, 3.05) is 7.05 Å². The van der Waals surface area contributed by atoms with Crippen LogP contribution in [-0.2, 0) is 16.1 Å². The van der Waals surface area contributed by atoms with Crippen LogP contribution < -0.4 is 4.57 Å². The molecule has 1 amide bonds. The van der Waals surface area contributed by atoms with Gasteiger partial charge in [0.15, 0.2) is 12.4 Å². The van der Waals surface area contributed by atoms with Gasteiger partial charge in [-0.05, 0) is 18.9 Å². The van der Waals surface area contributed by atoms with E-state index in [-0.39, 0.29) is 18.4 Å². The lowest BCUT2D eigenvalue weighted by Crippen LogP contribution is -2.34. The second-order valence-electron chi connectivity index (χ2n) is 5.80. The molecule has 0 aromatic carbocycles. The van der Waals surface area contributed by atoms with Crippen LogP contribution in [0.5, 0.6) is 0 Å². The molecular weight excluding hydrogens is 284 g/mol. The summed E-state index contributed by atoms with van der Waals surface area (Å²) in [6, 6.07) is 3.82. The SMILES string of the molecule is CN1C(=O)[C@H](O)CC1c1ccc[n+](CCCCCC(=O)O)c1. The van der Waals surface area contributed by atoms with Gasteiger partial charge in [0.25, 0.3) is 5.91 Å². The first-order valence-corrected chi connectivity index (χ1v) is 7.64. The van der Waals surface area contributed by atoms with Gasteiger partial charge >= 0.3 is 5.97 Å². The van der Waals surface area contributed by atoms with Crippen molar-refractivity contribution in [3.8, 4) is 0 Å². The number of carboxylic acids is 1. The van der Waals surface area contributed by atoms with E-state index in [4.69, 9.17) is 5.11 Å². The number of hydrogen-bond acceptors (Lipinski definition) is 3. The summed E-state index contributed by atoms with van der Waals surface area (Å²) in [7, 11) is 1.71. The monoisotopic (exact) mass is 307 g/mol. The minimum atomic E-state index is -0.903. The Bertz CT molecular complexity index is 547. The molecule has 22 heavy (non-hydrogen) atoms. The Balaban J connectivity index is 1.90. The maximum absolute atomic E-state index is 11.7. The molecule has 0 spiro atoms. The molecule has 0 radical (unpaired) electrons. The first-order valence-electron chi connectivity index (χ1n) is 7.64. The lowest BCUT2D eigenvalue weighted by atomic mass is 10.1. The van der Waals surface area contributed by atoms with Crippen LogP contribution in [0, 0.1) is 0 Å². The third-order valence-corrected chi connectivity index (χ3v) is 4.12. The number of aliphatic hydroxyl groups is 1. The minimum absolute atomic E-state index is 0.0815. The quantitative estimate of drug-likeness (QED) is 0.579. The van der Waals surface area contributed by atoms with Crippen molar-refractivity contribution in [2.24, 2.45) is 0 Å². The molecule has 1 fully saturated rings. The summed E-state index contributed by atoms with van der Waals surface area (Å²) in [5.41, 5.74) is 1.01. The van der Waals surface area contributed by atoms with Crippen molar-refractivity contribution < 1.29 is 24.4 Å². The van der Waals surface area contributed by atoms with Crippen molar-refractivity contribution in [1.29, 1.82) is 0 Å². The highest BCUT2D eigenvalue weighted by atomic mass is 16.4. The van der Waals surface area contributed by atoms with Crippen LogP contribution in [0.25, 0.3) is 0 Å². The van der Waals surface area contributed by atoms with Gasteiger partial charge in [-0.15, -0.1) is 0 Å². The van der Waals surface area contributed by atoms with E-state index in [1.165, 1.54) is 0 Å². The van der Waals surface area contributed by atoms with Gasteiger partial charge in [-0.3, -0.25) is 9.59 Å². The number of hydrogen-bond donors (Lipinski definition) is 2. The molecule has 2 atom stereocenters. The van der Waals surface area contributed by atoms with Crippen LogP contribution in [-0.4, -0.2) is 40.1 Å². The Morgan fingerprint density at radius 1 is 1.41 bits per heavy atom. The second kappa shape index (κ2) is 7.35. The number of aliphatic hydroxyl groups excluding tert-OH is 1. The van der Waals surface area contributed by atoms with E-state index in [0.717, 1.165) is 24.9 Å². The third-order valence-electron chi connectivity index (χ3n) is 4.12. The van der Waals surface area contributed by atoms with Crippen molar-refractivity contribution in [3.05, 3.63) is 30.1 Å². The molecule has 1 unspecified atom stereocenters. The maximum Gasteiger partial charge on any atom is 0.303 e. The first kappa shape index (κ1) is 16.4. The van der Waals surface area contributed by atoms with Crippen LogP contribution in [0.4, 0.5) is 0 Å². The molecule has 0 aliphatic carbocycles. The van der Waals surface area contributed by atoms with Gasteiger partial charge in [-0.25, -0.2) is 4.57 Å². The van der Waals surface area contributed by atoms with E-state index >= 15 is 0 Å². The number of aliphatic carboxylic acids is 1. The Labute approximate surface area is 130 Å². The molecule has 0 saturated carbocycles. The van der Waals surface area contributed by atoms with Crippen molar-refractivity contribution in [1.82, 2.24) is 4.90 Å². The lowest BCUT2D eigenvalue weighted by molar-refractivity contribution is -0.697. The second-order valence-corrected chi connectivity index (χ2v) is 5.80. The number of carbonyl (C=O) groups excluding carboxylic acids is 1. The van der Waals surface area contributed by atoms with Gasteiger partial charge < -0.3 is 15.1 Å². The van der Waals surface area contributed by atoms with Crippen molar-refractivity contribution >= 4 is 11.9 Å². The number of likely N-dealkylation sites (tertiary alicyclic amines) is 1. The normalized spacial score (nSPS) is 21.4. The smallest absolute Gasteiger partial charge is 0.303 e. The summed E-state index contributed by atoms with van der Waals surface area (Å²) < 4.78 is 2.05. The first-order chi connectivity index (χ1) is 10.5. The van der Waals surface area contributed by atoms with E-state index in [2.05, 4.69) is 4.57 Å². The maximum atomic E-state index is 11.7. The number of aryl methyl sites for hydroxylation is 1. The van der Waals surface area contributed by atoms with E-state index in [9.17, 15) is 14.7 Å². The number of nitrogens with zero attached hydrogens (tertiary/aromatic N) is 2. The molecule has 1 aliphatic heterocycles. The molecule has 6 heteroatoms. The Morgan fingerprint density at radius 2 is 2.18 bits per heavy atom. The van der Waals surface area contributed by atoms with Crippen LogP contribution in [0.3, 0.4) is 0 Å². The van der Waals surface area contributed by atoms with E-state index in [1.807, 2.05) is 24.5 Å². The van der Waals surface area contributed by atoms with Crippen molar-refractivity contribution in [3.63, 3.8) is 0 Å². The Morgan fingerprint density at radius 3 is 2.82 bits per heavy atom. The van der Waals surface area contributed by atoms with Crippen LogP contribution in [0.15, 0.2) is 24.5 Å². The molecule has 0 bridgehead atoms. The van der Waals surface area contributed by atoms with Crippen LogP contribution >= 0.6 is 0 Å². The molecule has 2 N–H and O–H groups in total.